The van der Waals surface area contributed by atoms with Gasteiger partial charge in [-0.2, -0.15) is 4.98 Å². The molecular formula is C11H19N3O3. The molecule has 3 unspecified atom stereocenters. The van der Waals surface area contributed by atoms with Crippen LogP contribution < -0.4 is 5.73 Å². The maximum absolute atomic E-state index is 9.36. The van der Waals surface area contributed by atoms with E-state index in [4.69, 9.17) is 15.0 Å². The van der Waals surface area contributed by atoms with Gasteiger partial charge in [-0.05, 0) is 32.6 Å². The Kier molecular flexibility index (Phi) is 3.76. The molecule has 0 radical (unpaired) electrons. The molecule has 0 saturated heterocycles. The largest absolute Gasteiger partial charge is 0.391 e. The van der Waals surface area contributed by atoms with Gasteiger partial charge in [-0.15, -0.1) is 0 Å². The number of nitrogens with zero attached hydrogens (tertiary/aromatic N) is 2. The second-order valence-corrected chi connectivity index (χ2v) is 4.47. The molecule has 1 heterocycles. The molecule has 1 aromatic heterocycles. The van der Waals surface area contributed by atoms with Crippen molar-refractivity contribution in [3.63, 3.8) is 0 Å². The molecule has 17 heavy (non-hydrogen) atoms. The second kappa shape index (κ2) is 5.12. The summed E-state index contributed by atoms with van der Waals surface area (Å²) >= 11 is 0. The second-order valence-electron chi connectivity index (χ2n) is 4.47. The molecule has 3 N–H and O–H groups in total. The highest BCUT2D eigenvalue weighted by Crippen LogP contribution is 2.42. The topological polar surface area (TPSA) is 94.4 Å². The molecule has 0 bridgehead atoms. The molecular weight excluding hydrogens is 222 g/mol. The SMILES string of the molecule is CCOC(c1noc(C(N)C(C)O)n1)C1CC1. The van der Waals surface area contributed by atoms with Gasteiger partial charge in [-0.25, -0.2) is 0 Å². The molecule has 2 rings (SSSR count). The van der Waals surface area contributed by atoms with Crippen LogP contribution >= 0.6 is 0 Å². The zero-order valence-corrected chi connectivity index (χ0v) is 10.2. The lowest BCUT2D eigenvalue weighted by atomic mass is 10.2. The van der Waals surface area contributed by atoms with Crippen molar-refractivity contribution in [2.45, 2.75) is 44.9 Å². The molecule has 1 aliphatic carbocycles. The van der Waals surface area contributed by atoms with Crippen molar-refractivity contribution in [3.8, 4) is 0 Å². The maximum atomic E-state index is 9.36. The smallest absolute Gasteiger partial charge is 0.246 e. The predicted octanol–water partition coefficient (Wildman–Crippen LogP) is 0.938. The molecule has 6 nitrogen and oxygen atoms in total. The van der Waals surface area contributed by atoms with Crippen molar-refractivity contribution in [2.75, 3.05) is 6.61 Å². The third-order valence-corrected chi connectivity index (χ3v) is 2.91. The summed E-state index contributed by atoms with van der Waals surface area (Å²) in [5.74, 6) is 1.30. The highest BCUT2D eigenvalue weighted by Gasteiger charge is 2.36. The molecule has 3 atom stereocenters. The van der Waals surface area contributed by atoms with Gasteiger partial charge in [0.25, 0.3) is 0 Å². The standard InChI is InChI=1S/C11H19N3O3/c1-3-16-9(7-4-5-7)10-13-11(17-14-10)8(12)6(2)15/h6-9,15H,3-5,12H2,1-2H3. The fraction of sp³-hybridized carbons (Fsp3) is 0.818. The number of aliphatic hydroxyl groups excluding tert-OH is 1. The maximum Gasteiger partial charge on any atom is 0.246 e. The summed E-state index contributed by atoms with van der Waals surface area (Å²) < 4.78 is 10.7. The van der Waals surface area contributed by atoms with Gasteiger partial charge in [-0.1, -0.05) is 5.16 Å². The van der Waals surface area contributed by atoms with E-state index in [0.29, 0.717) is 18.3 Å². The quantitative estimate of drug-likeness (QED) is 0.769. The summed E-state index contributed by atoms with van der Waals surface area (Å²) in [6, 6.07) is -0.641. The monoisotopic (exact) mass is 241 g/mol. The van der Waals surface area contributed by atoms with Gasteiger partial charge in [0.15, 0.2) is 0 Å². The van der Waals surface area contributed by atoms with E-state index in [1.807, 2.05) is 6.92 Å². The van der Waals surface area contributed by atoms with Crippen molar-refractivity contribution in [2.24, 2.45) is 11.7 Å². The number of hydrogen-bond donors (Lipinski definition) is 2. The van der Waals surface area contributed by atoms with Crippen LogP contribution in [0.2, 0.25) is 0 Å². The summed E-state index contributed by atoms with van der Waals surface area (Å²) in [6.07, 6.45) is 1.46. The molecule has 96 valence electrons. The van der Waals surface area contributed by atoms with E-state index in [2.05, 4.69) is 10.1 Å². The van der Waals surface area contributed by atoms with Crippen molar-refractivity contribution >= 4 is 0 Å². The summed E-state index contributed by atoms with van der Waals surface area (Å²) in [7, 11) is 0. The third-order valence-electron chi connectivity index (χ3n) is 2.91. The van der Waals surface area contributed by atoms with Crippen LogP contribution in [0, 0.1) is 5.92 Å². The van der Waals surface area contributed by atoms with Gasteiger partial charge in [0, 0.05) is 6.61 Å². The van der Waals surface area contributed by atoms with Crippen LogP contribution in [-0.2, 0) is 4.74 Å². The third kappa shape index (κ3) is 2.83. The molecule has 1 saturated carbocycles. The molecule has 0 spiro atoms. The molecule has 0 amide bonds. The molecule has 1 fully saturated rings. The highest BCUT2D eigenvalue weighted by molar-refractivity contribution is 5.01. The molecule has 1 aliphatic rings. The zero-order chi connectivity index (χ0) is 12.4. The minimum absolute atomic E-state index is 0.0984. The molecule has 0 aromatic carbocycles. The van der Waals surface area contributed by atoms with Gasteiger partial charge in [0.2, 0.25) is 11.7 Å². The minimum Gasteiger partial charge on any atom is -0.391 e. The van der Waals surface area contributed by atoms with Crippen LogP contribution in [0.1, 0.15) is 50.6 Å². The van der Waals surface area contributed by atoms with Crippen LogP contribution in [-0.4, -0.2) is 28.0 Å². The normalized spacial score (nSPS) is 21.2. The Balaban J connectivity index is 2.10. The average molecular weight is 241 g/mol. The number of ether oxygens (including phenoxy) is 1. The van der Waals surface area contributed by atoms with Gasteiger partial charge in [0.05, 0.1) is 6.10 Å². The first-order valence-corrected chi connectivity index (χ1v) is 6.02. The predicted molar refractivity (Wildman–Crippen MR) is 60.0 cm³/mol. The van der Waals surface area contributed by atoms with E-state index in [0.717, 1.165) is 12.8 Å². The van der Waals surface area contributed by atoms with Crippen molar-refractivity contribution in [3.05, 3.63) is 11.7 Å². The Morgan fingerprint density at radius 3 is 2.82 bits per heavy atom. The minimum atomic E-state index is -0.713. The first-order valence-electron chi connectivity index (χ1n) is 6.02. The summed E-state index contributed by atoms with van der Waals surface area (Å²) in [4.78, 5) is 4.22. The summed E-state index contributed by atoms with van der Waals surface area (Å²) in [5.41, 5.74) is 5.73. The lowest BCUT2D eigenvalue weighted by Crippen LogP contribution is -2.23. The number of rotatable bonds is 6. The first-order chi connectivity index (χ1) is 8.13. The Bertz CT molecular complexity index is 363. The zero-order valence-electron chi connectivity index (χ0n) is 10.2. The fourth-order valence-electron chi connectivity index (χ4n) is 1.70. The molecule has 0 aliphatic heterocycles. The van der Waals surface area contributed by atoms with Crippen molar-refractivity contribution in [1.29, 1.82) is 0 Å². The van der Waals surface area contributed by atoms with Crippen molar-refractivity contribution in [1.82, 2.24) is 10.1 Å². The molecule has 6 heteroatoms. The van der Waals surface area contributed by atoms with Crippen LogP contribution in [0.15, 0.2) is 4.52 Å². The molecule has 1 aromatic rings. The van der Waals surface area contributed by atoms with Crippen molar-refractivity contribution < 1.29 is 14.4 Å². The van der Waals surface area contributed by atoms with Crippen LogP contribution in [0.3, 0.4) is 0 Å². The Labute approximate surface area is 100 Å². The fourth-order valence-corrected chi connectivity index (χ4v) is 1.70. The summed E-state index contributed by atoms with van der Waals surface area (Å²) in [5, 5.41) is 13.3. The number of aliphatic hydroxyl groups is 1. The van der Waals surface area contributed by atoms with E-state index >= 15 is 0 Å². The van der Waals surface area contributed by atoms with E-state index < -0.39 is 12.1 Å². The van der Waals surface area contributed by atoms with Gasteiger partial charge in [0.1, 0.15) is 12.1 Å². The van der Waals surface area contributed by atoms with E-state index in [1.54, 1.807) is 6.92 Å². The number of aromatic nitrogens is 2. The lowest BCUT2D eigenvalue weighted by molar-refractivity contribution is 0.0384. The Hall–Kier alpha value is -0.980. The van der Waals surface area contributed by atoms with E-state index in [9.17, 15) is 5.11 Å². The average Bonchev–Trinajstić information content (AvgIpc) is 3.02. The van der Waals surface area contributed by atoms with Crippen LogP contribution in [0.4, 0.5) is 0 Å². The van der Waals surface area contributed by atoms with E-state index in [1.165, 1.54) is 0 Å². The van der Waals surface area contributed by atoms with Crippen LogP contribution in [0.5, 0.6) is 0 Å². The first kappa shape index (κ1) is 12.5. The van der Waals surface area contributed by atoms with Gasteiger partial charge < -0.3 is 20.1 Å². The lowest BCUT2D eigenvalue weighted by Gasteiger charge is -2.11. The Morgan fingerprint density at radius 1 is 1.59 bits per heavy atom. The van der Waals surface area contributed by atoms with Crippen LogP contribution in [0.25, 0.3) is 0 Å². The number of hydrogen-bond acceptors (Lipinski definition) is 6. The highest BCUT2D eigenvalue weighted by atomic mass is 16.5. The van der Waals surface area contributed by atoms with Gasteiger partial charge >= 0.3 is 0 Å². The van der Waals surface area contributed by atoms with Gasteiger partial charge in [-0.3, -0.25) is 0 Å². The van der Waals surface area contributed by atoms with E-state index in [-0.39, 0.29) is 12.0 Å². The summed E-state index contributed by atoms with van der Waals surface area (Å²) in [6.45, 7) is 4.15. The number of nitrogens with two attached hydrogens (primary N) is 1. The Morgan fingerprint density at radius 2 is 2.29 bits per heavy atom.